The number of ether oxygens (including phenoxy) is 4. The highest BCUT2D eigenvalue weighted by Gasteiger charge is 2.94. The number of allylic oxidation sites excluding steroid dienone is 1. The number of ketones is 1. The van der Waals surface area contributed by atoms with Crippen LogP contribution in [0, 0.1) is 91.7 Å². The Labute approximate surface area is 486 Å². The molecule has 7 aliphatic carbocycles. The van der Waals surface area contributed by atoms with E-state index in [4.69, 9.17) is 23.4 Å². The predicted molar refractivity (Wildman–Crippen MR) is 305 cm³/mol. The molecule has 82 heavy (non-hydrogen) atoms. The van der Waals surface area contributed by atoms with Crippen molar-refractivity contribution < 1.29 is 53.1 Å². The van der Waals surface area contributed by atoms with Gasteiger partial charge in [-0.2, -0.15) is 0 Å². The number of carbonyl (C=O) groups excluding carboxylic acids is 3. The summed E-state index contributed by atoms with van der Waals surface area (Å²) in [6, 6.07) is 13.1. The van der Waals surface area contributed by atoms with E-state index in [1.54, 1.807) is 6.26 Å². The van der Waals surface area contributed by atoms with Crippen LogP contribution in [0.25, 0.3) is 0 Å². The van der Waals surface area contributed by atoms with Gasteiger partial charge in [0.05, 0.1) is 48.7 Å². The SMILES string of the molecule is CC(C)C[C@@H]1C[C@]2(CCC3(CCCC3)C2)C[C@]12C(=O)OC[C@]13[C@H](C(=O)[C@@H](O)[C@]4([C@H]5CCC[C@@H](Cc6ccccc6)C5)[C@@H]1CC[C@@]1(C)[C@H](c5ccoc5C[C@@H]([C@@H]5CC[C@H]6[C@H](C=CN7CNC[C@@H]67)C5)[C@H](O)CO)OC(=O)[C@H]5O[C@@]541)C(C)(C)O[C@@H]23. The Kier molecular flexibility index (Phi) is 12.9. The smallest absolute Gasteiger partial charge is 0.339 e. The number of rotatable bonds is 11. The second kappa shape index (κ2) is 19.2. The number of carbonyl (C=O) groups is 3. The summed E-state index contributed by atoms with van der Waals surface area (Å²) >= 11 is 0. The molecule has 13 heteroatoms. The average Bonchev–Trinajstić information content (AvgIpc) is 1.42. The number of aliphatic hydroxyl groups excluding tert-OH is 3. The first-order chi connectivity index (χ1) is 39.4. The fourth-order valence-electron chi connectivity index (χ4n) is 24.3. The first-order valence-electron chi connectivity index (χ1n) is 32.9. The molecular weight excluding hydrogens is 1030 g/mol. The highest BCUT2D eigenvalue weighted by Crippen LogP contribution is 2.85. The van der Waals surface area contributed by atoms with Crippen LogP contribution in [-0.4, -0.2) is 106 Å². The minimum absolute atomic E-state index is 0.00244. The number of Topliss-reactive ketones (excluding diaryl/α,β-unsaturated/α-hetero) is 1. The number of benzene rings is 1. The van der Waals surface area contributed by atoms with Gasteiger partial charge >= 0.3 is 11.9 Å². The topological polar surface area (TPSA) is 181 Å². The van der Waals surface area contributed by atoms with E-state index in [-0.39, 0.29) is 60.0 Å². The molecule has 7 heterocycles. The van der Waals surface area contributed by atoms with Gasteiger partial charge in [0.15, 0.2) is 11.9 Å². The normalized spacial score (nSPS) is 47.1. The van der Waals surface area contributed by atoms with Crippen LogP contribution < -0.4 is 5.32 Å². The van der Waals surface area contributed by atoms with Gasteiger partial charge in [0, 0.05) is 40.8 Å². The van der Waals surface area contributed by atoms with Crippen LogP contribution in [0.1, 0.15) is 180 Å². The molecule has 0 amide bonds. The molecule has 1 aromatic carbocycles. The highest BCUT2D eigenvalue weighted by atomic mass is 16.7. The Morgan fingerprint density at radius 1 is 0.866 bits per heavy atom. The van der Waals surface area contributed by atoms with Crippen molar-refractivity contribution in [2.75, 3.05) is 26.4 Å². The monoisotopic (exact) mass is 1130 g/mol. The predicted octanol–water partition coefficient (Wildman–Crippen LogP) is 10.2. The third-order valence-corrected chi connectivity index (χ3v) is 26.9. The lowest BCUT2D eigenvalue weighted by molar-refractivity contribution is -0.288. The number of nitrogens with one attached hydrogen (secondary N) is 1. The second-order valence-corrected chi connectivity index (χ2v) is 31.4. The molecule has 5 spiro atoms. The third-order valence-electron chi connectivity index (χ3n) is 26.9. The Morgan fingerprint density at radius 3 is 2.46 bits per heavy atom. The average molecular weight is 1130 g/mol. The molecule has 15 rings (SSSR count). The lowest BCUT2D eigenvalue weighted by atomic mass is 9.32. The van der Waals surface area contributed by atoms with Crippen LogP contribution in [0.5, 0.6) is 0 Å². The standard InChI is InChI=1S/C69H94N2O11/c1-40(2)28-46-33-65(25-24-64(36-65)21-9-10-22-64)37-66(46)60-67(38-79-61(66)77)53-18-23-63(5)57(48-20-27-78-52(48)32-49(51(73)35-72)43-16-17-47-44(31-43)19-26-71-39-70-34-50(47)71)80-59(76)58-69(63,81-58)68(53,56(75)54(74)55(67)62(3,4)82-60)45-15-11-14-42(30-45)29-41-12-7-6-8-13-41/h6-8,12-13,19-20,26-27,40,42-47,49-51,53,55-58,60,70,72-73,75H,9-11,14-18,21-25,28-39H2,1-5H3/t42-,43+,44+,45-,46+,47-,49-,50-,51+,53+,55+,56+,57-,58+,60-,63-,65-,66-,67+,68-,69+/m0/s1. The molecule has 13 nitrogen and oxygen atoms in total. The number of furan rings is 1. The summed E-state index contributed by atoms with van der Waals surface area (Å²) in [5.74, 6) is -0.411. The zero-order chi connectivity index (χ0) is 56.6. The first kappa shape index (κ1) is 55.0. The van der Waals surface area contributed by atoms with Crippen LogP contribution in [0.15, 0.2) is 59.4 Å². The van der Waals surface area contributed by atoms with Gasteiger partial charge in [-0.25, -0.2) is 4.79 Å². The van der Waals surface area contributed by atoms with Gasteiger partial charge in [0.1, 0.15) is 30.2 Å². The minimum atomic E-state index is -1.50. The van der Waals surface area contributed by atoms with Gasteiger partial charge in [0.2, 0.25) is 0 Å². The molecule has 446 valence electrons. The van der Waals surface area contributed by atoms with Gasteiger partial charge in [-0.1, -0.05) is 82.9 Å². The van der Waals surface area contributed by atoms with Gasteiger partial charge < -0.3 is 43.6 Å². The zero-order valence-electron chi connectivity index (χ0n) is 49.7. The van der Waals surface area contributed by atoms with Crippen LogP contribution in [0.3, 0.4) is 0 Å². The van der Waals surface area contributed by atoms with Crippen LogP contribution >= 0.6 is 0 Å². The molecule has 1 aromatic heterocycles. The van der Waals surface area contributed by atoms with E-state index in [9.17, 15) is 15.3 Å². The molecule has 21 atom stereocenters. The second-order valence-electron chi connectivity index (χ2n) is 31.4. The first-order valence-corrected chi connectivity index (χ1v) is 32.9. The van der Waals surface area contributed by atoms with E-state index in [0.29, 0.717) is 60.7 Å². The molecular formula is C69H94N2O11. The number of aliphatic hydroxyl groups is 3. The fourth-order valence-corrected chi connectivity index (χ4v) is 24.3. The Morgan fingerprint density at radius 2 is 1.67 bits per heavy atom. The Bertz CT molecular complexity index is 2860. The van der Waals surface area contributed by atoms with E-state index in [2.05, 4.69) is 73.6 Å². The van der Waals surface area contributed by atoms with E-state index >= 15 is 14.4 Å². The van der Waals surface area contributed by atoms with Crippen molar-refractivity contribution in [2.45, 2.75) is 217 Å². The molecule has 13 aliphatic rings. The minimum Gasteiger partial charge on any atom is -0.469 e. The summed E-state index contributed by atoms with van der Waals surface area (Å²) in [5, 5.41) is 40.3. The summed E-state index contributed by atoms with van der Waals surface area (Å²) in [6.45, 7) is 12.4. The Hall–Kier alpha value is -3.59. The van der Waals surface area contributed by atoms with Crippen LogP contribution in [0.4, 0.5) is 0 Å². The maximum Gasteiger partial charge on any atom is 0.339 e. The molecule has 7 saturated carbocycles. The van der Waals surface area contributed by atoms with Gasteiger partial charge in [-0.05, 0) is 199 Å². The number of esters is 2. The molecule has 0 bridgehead atoms. The van der Waals surface area contributed by atoms with Crippen LogP contribution in [-0.2, 0) is 46.2 Å². The molecule has 0 radical (unpaired) electrons. The van der Waals surface area contributed by atoms with Crippen molar-refractivity contribution in [3.8, 4) is 0 Å². The molecule has 2 aromatic rings. The molecule has 0 unspecified atom stereocenters. The van der Waals surface area contributed by atoms with Crippen molar-refractivity contribution in [3.05, 3.63) is 71.8 Å². The highest BCUT2D eigenvalue weighted by molar-refractivity contribution is 5.93. The molecule has 4 N–H and O–H groups in total. The van der Waals surface area contributed by atoms with E-state index in [1.807, 2.05) is 19.9 Å². The third kappa shape index (κ3) is 7.46. The van der Waals surface area contributed by atoms with E-state index in [1.165, 1.54) is 37.7 Å². The lowest BCUT2D eigenvalue weighted by Crippen LogP contribution is -2.80. The largest absolute Gasteiger partial charge is 0.469 e. The summed E-state index contributed by atoms with van der Waals surface area (Å²) < 4.78 is 35.6. The summed E-state index contributed by atoms with van der Waals surface area (Å²) in [6.07, 6.45) is 20.9. The zero-order valence-corrected chi connectivity index (χ0v) is 49.7. The van der Waals surface area contributed by atoms with Crippen molar-refractivity contribution >= 4 is 17.7 Å². The molecule has 5 saturated heterocycles. The van der Waals surface area contributed by atoms with Crippen molar-refractivity contribution in [1.82, 2.24) is 10.2 Å². The number of fused-ring (bicyclic) bond motifs is 5. The van der Waals surface area contributed by atoms with Gasteiger partial charge in [0.25, 0.3) is 0 Å². The maximum atomic E-state index is 16.7. The quantitative estimate of drug-likeness (QED) is 0.123. The maximum absolute atomic E-state index is 16.7. The number of hydrogen-bond acceptors (Lipinski definition) is 13. The number of hydrogen-bond donors (Lipinski definition) is 4. The van der Waals surface area contributed by atoms with Gasteiger partial charge in [-0.15, -0.1) is 0 Å². The van der Waals surface area contributed by atoms with Crippen LogP contribution in [0.2, 0.25) is 0 Å². The van der Waals surface area contributed by atoms with Crippen molar-refractivity contribution in [2.24, 2.45) is 91.7 Å². The summed E-state index contributed by atoms with van der Waals surface area (Å²) in [5.41, 5.74) is -4.34. The number of cyclic esters (lactones) is 2. The van der Waals surface area contributed by atoms with Gasteiger partial charge in [-0.3, -0.25) is 14.9 Å². The Balaban J connectivity index is 0.855. The lowest BCUT2D eigenvalue weighted by Gasteiger charge is -2.71. The number of nitrogens with zero attached hydrogens (tertiary/aromatic N) is 1. The summed E-state index contributed by atoms with van der Waals surface area (Å²) in [7, 11) is 0. The number of epoxide rings is 1. The molecule has 12 fully saturated rings. The van der Waals surface area contributed by atoms with E-state index in [0.717, 1.165) is 95.8 Å². The van der Waals surface area contributed by atoms with Crippen molar-refractivity contribution in [3.63, 3.8) is 0 Å². The van der Waals surface area contributed by atoms with E-state index < -0.39 is 81.2 Å². The fraction of sp³-hybridized carbons (Fsp3) is 0.783. The van der Waals surface area contributed by atoms with Crippen molar-refractivity contribution in [1.29, 1.82) is 0 Å². The summed E-state index contributed by atoms with van der Waals surface area (Å²) in [4.78, 5) is 50.3. The molecule has 6 aliphatic heterocycles.